The second-order valence-corrected chi connectivity index (χ2v) is 4.13. The van der Waals surface area contributed by atoms with Gasteiger partial charge in [-0.3, -0.25) is 0 Å². The molecule has 0 heterocycles. The van der Waals surface area contributed by atoms with Gasteiger partial charge in [0.05, 0.1) is 0 Å². The van der Waals surface area contributed by atoms with Gasteiger partial charge < -0.3 is 34.1 Å². The van der Waals surface area contributed by atoms with Crippen LogP contribution in [0.4, 0.5) is 0 Å². The van der Waals surface area contributed by atoms with Gasteiger partial charge in [-0.15, -0.1) is 0 Å². The summed E-state index contributed by atoms with van der Waals surface area (Å²) in [4.78, 5) is 0. The summed E-state index contributed by atoms with van der Waals surface area (Å²) in [5.41, 5.74) is 0.470. The zero-order valence-electron chi connectivity index (χ0n) is 14.0. The summed E-state index contributed by atoms with van der Waals surface area (Å²) < 4.78 is 0. The van der Waals surface area contributed by atoms with Crippen molar-refractivity contribution >= 4 is 8.41 Å². The van der Waals surface area contributed by atoms with Crippen molar-refractivity contribution < 1.29 is 53.8 Å². The molecule has 0 rings (SSSR count). The normalized spacial score (nSPS) is 9.00. The molecule has 0 aliphatic heterocycles. The van der Waals surface area contributed by atoms with Crippen molar-refractivity contribution in [2.45, 2.75) is 68.2 Å². The monoisotopic (exact) mass is 514 g/mol. The molecule has 1 atom stereocenters. The van der Waals surface area contributed by atoms with Gasteiger partial charge in [0.25, 0.3) is 0 Å². The van der Waals surface area contributed by atoms with E-state index in [2.05, 4.69) is 41.0 Å². The van der Waals surface area contributed by atoms with Gasteiger partial charge in [-0.25, -0.2) is 0 Å². The van der Waals surface area contributed by atoms with Crippen LogP contribution in [0.3, 0.4) is 0 Å². The van der Waals surface area contributed by atoms with Crippen molar-refractivity contribution in [1.29, 1.82) is 0 Å². The van der Waals surface area contributed by atoms with Gasteiger partial charge in [-0.2, -0.15) is 6.42 Å². The summed E-state index contributed by atoms with van der Waals surface area (Å²) in [6.45, 7) is 17.2. The van der Waals surface area contributed by atoms with Crippen LogP contribution >= 0.6 is 0 Å². The summed E-state index contributed by atoms with van der Waals surface area (Å²) in [6.07, 6.45) is 5.92. The van der Waals surface area contributed by atoms with Crippen molar-refractivity contribution in [1.82, 2.24) is 0 Å². The SMILES string of the molecule is C.CC.[B].[CH2-]C([CH-]CC)CC(C)(C)CC.[CH3-].[CH3-].[W+2].[Y]. The summed E-state index contributed by atoms with van der Waals surface area (Å²) in [5, 5.41) is 0. The van der Waals surface area contributed by atoms with Crippen molar-refractivity contribution in [3.05, 3.63) is 28.2 Å². The molecule has 0 fully saturated rings. The average molecular weight is 514 g/mol. The number of hydrogen-bond acceptors (Lipinski definition) is 0. The minimum absolute atomic E-state index is 0. The van der Waals surface area contributed by atoms with E-state index < -0.39 is 0 Å². The van der Waals surface area contributed by atoms with E-state index >= 15 is 0 Å². The van der Waals surface area contributed by atoms with Crippen LogP contribution in [-0.4, -0.2) is 8.41 Å². The Morgan fingerprint density at radius 1 is 1.11 bits per heavy atom. The summed E-state index contributed by atoms with van der Waals surface area (Å²) >= 11 is 0. The van der Waals surface area contributed by atoms with Gasteiger partial charge >= 0.3 is 21.1 Å². The van der Waals surface area contributed by atoms with E-state index in [0.717, 1.165) is 6.42 Å². The zero-order chi connectivity index (χ0) is 10.9. The fourth-order valence-electron chi connectivity index (χ4n) is 1.27. The largest absolute Gasteiger partial charge is 2.00 e. The molecule has 0 aromatic carbocycles. The number of rotatable bonds is 5. The maximum absolute atomic E-state index is 4.11. The first kappa shape index (κ1) is 49.8. The molecule has 3 heteroatoms. The van der Waals surface area contributed by atoms with E-state index in [9.17, 15) is 0 Å². The van der Waals surface area contributed by atoms with E-state index in [0.29, 0.717) is 11.3 Å². The van der Waals surface area contributed by atoms with Crippen LogP contribution in [0.5, 0.6) is 0 Å². The van der Waals surface area contributed by atoms with Gasteiger partial charge in [-0.05, 0) is 5.41 Å². The second-order valence-electron chi connectivity index (χ2n) is 4.13. The van der Waals surface area contributed by atoms with Crippen LogP contribution in [0.2, 0.25) is 0 Å². The Hall–Kier alpha value is 1.86. The Labute approximate surface area is 168 Å². The van der Waals surface area contributed by atoms with Crippen LogP contribution in [0.15, 0.2) is 0 Å². The zero-order valence-corrected chi connectivity index (χ0v) is 19.8. The third kappa shape index (κ3) is 38.3. The number of hydrogen-bond donors (Lipinski definition) is 0. The molecule has 0 spiro atoms. The molecule has 0 saturated heterocycles. The fraction of sp³-hybridized carbons (Fsp3) is 0.750. The van der Waals surface area contributed by atoms with Crippen LogP contribution < -0.4 is 0 Å². The van der Waals surface area contributed by atoms with Crippen LogP contribution in [0.1, 0.15) is 68.2 Å². The predicted octanol–water partition coefficient (Wildman–Crippen LogP) is 6.05. The standard InChI is InChI=1S/C11H22.C2H6.CH4.2CH3.B.W.Y/c1-6-8-10(3)9-11(4,5)7-2;1-2;;;;;;/h8,10H,3,6-7,9H2,1-2,4-5H3;1-2H3;1H4;2*1H3;;;/q-2;;;2*-1;;+2;. The minimum Gasteiger partial charge on any atom is -0.369 e. The molecule has 0 nitrogen and oxygen atoms in total. The van der Waals surface area contributed by atoms with E-state index in [4.69, 9.17) is 0 Å². The van der Waals surface area contributed by atoms with E-state index in [-0.39, 0.29) is 84.5 Å². The van der Waals surface area contributed by atoms with E-state index in [1.165, 1.54) is 12.8 Å². The molecular weight excluding hydrogens is 476 g/mol. The summed E-state index contributed by atoms with van der Waals surface area (Å²) in [6, 6.07) is 0. The Morgan fingerprint density at radius 2 is 1.42 bits per heavy atom. The Balaban J connectivity index is -0.0000000240. The van der Waals surface area contributed by atoms with Gasteiger partial charge in [0.1, 0.15) is 0 Å². The first-order valence-corrected chi connectivity index (χ1v) is 5.68. The first-order chi connectivity index (χ1) is 6.02. The molecule has 0 N–H and O–H groups in total. The summed E-state index contributed by atoms with van der Waals surface area (Å²) in [5.74, 6) is 0.537. The average Bonchev–Trinajstić information content (AvgIpc) is 2.08. The Morgan fingerprint density at radius 3 is 1.63 bits per heavy atom. The van der Waals surface area contributed by atoms with Crippen molar-refractivity contribution in [2.24, 2.45) is 11.3 Å². The quantitative estimate of drug-likeness (QED) is 0.310. The third-order valence-corrected chi connectivity index (χ3v) is 2.34. The molecule has 116 valence electrons. The molecule has 0 aromatic heterocycles. The van der Waals surface area contributed by atoms with Crippen molar-refractivity contribution in [2.75, 3.05) is 0 Å². The van der Waals surface area contributed by atoms with Crippen LogP contribution in [0, 0.1) is 39.5 Å². The summed E-state index contributed by atoms with van der Waals surface area (Å²) in [7, 11) is 0. The smallest absolute Gasteiger partial charge is 0.369 e. The molecule has 0 amide bonds. The van der Waals surface area contributed by atoms with Crippen molar-refractivity contribution in [3.63, 3.8) is 0 Å². The minimum atomic E-state index is 0. The third-order valence-electron chi connectivity index (χ3n) is 2.34. The Bertz CT molecular complexity index is 109. The Kier molecular flexibility index (Phi) is 83.8. The van der Waals surface area contributed by atoms with Crippen LogP contribution in [-0.2, 0) is 53.8 Å². The molecule has 0 bridgehead atoms. The predicted molar refractivity (Wildman–Crippen MR) is 88.8 cm³/mol. The second kappa shape index (κ2) is 32.0. The first-order valence-electron chi connectivity index (χ1n) is 5.68. The molecular formula is C16H38BWY-2. The van der Waals surface area contributed by atoms with Gasteiger partial charge in [0, 0.05) is 41.1 Å². The van der Waals surface area contributed by atoms with Crippen molar-refractivity contribution in [3.8, 4) is 0 Å². The fourth-order valence-corrected chi connectivity index (χ4v) is 1.27. The van der Waals surface area contributed by atoms with Gasteiger partial charge in [0.15, 0.2) is 0 Å². The van der Waals surface area contributed by atoms with E-state index in [1.807, 2.05) is 13.8 Å². The molecule has 0 aliphatic carbocycles. The van der Waals surface area contributed by atoms with Gasteiger partial charge in [-0.1, -0.05) is 61.8 Å². The molecule has 19 heavy (non-hydrogen) atoms. The van der Waals surface area contributed by atoms with Crippen LogP contribution in [0.25, 0.3) is 0 Å². The van der Waals surface area contributed by atoms with Gasteiger partial charge in [0.2, 0.25) is 0 Å². The molecule has 0 aromatic rings. The topological polar surface area (TPSA) is 0 Å². The molecule has 4 radical (unpaired) electrons. The maximum atomic E-state index is 4.11. The molecule has 0 saturated carbocycles. The molecule has 1 unspecified atom stereocenters. The maximum Gasteiger partial charge on any atom is 2.00 e. The van der Waals surface area contributed by atoms with E-state index in [1.54, 1.807) is 0 Å². The molecule has 0 aliphatic rings.